The van der Waals surface area contributed by atoms with Crippen molar-refractivity contribution in [3.8, 4) is 22.2 Å². The zero-order valence-corrected chi connectivity index (χ0v) is 13.2. The number of ether oxygens (including phenoxy) is 1. The third-order valence-corrected chi connectivity index (χ3v) is 4.17. The highest BCUT2D eigenvalue weighted by molar-refractivity contribution is 9.11. The van der Waals surface area contributed by atoms with Gasteiger partial charge >= 0.3 is 11.9 Å². The highest BCUT2D eigenvalue weighted by Gasteiger charge is 2.18. The molecule has 0 radical (unpaired) electrons. The van der Waals surface area contributed by atoms with Crippen molar-refractivity contribution in [1.29, 1.82) is 0 Å². The van der Waals surface area contributed by atoms with E-state index >= 15 is 0 Å². The summed E-state index contributed by atoms with van der Waals surface area (Å²) in [7, 11) is 0. The minimum absolute atomic E-state index is 0.163. The summed E-state index contributed by atoms with van der Waals surface area (Å²) in [5.41, 5.74) is 1.30. The van der Waals surface area contributed by atoms with E-state index in [0.29, 0.717) is 5.69 Å². The lowest BCUT2D eigenvalue weighted by molar-refractivity contribution is 0.0481. The van der Waals surface area contributed by atoms with Gasteiger partial charge in [0, 0.05) is 0 Å². The van der Waals surface area contributed by atoms with Crippen LogP contribution in [-0.2, 0) is 4.74 Å². The Hall–Kier alpha value is -2.00. The van der Waals surface area contributed by atoms with Gasteiger partial charge in [-0.05, 0) is 41.1 Å². The molecule has 0 aromatic carbocycles. The zero-order chi connectivity index (χ0) is 14.8. The first-order chi connectivity index (χ1) is 10.2. The van der Waals surface area contributed by atoms with Crippen molar-refractivity contribution in [2.75, 3.05) is 6.61 Å². The number of carbonyl (C=O) groups excluding carboxylic acids is 1. The maximum atomic E-state index is 11.5. The molecule has 0 aliphatic heterocycles. The van der Waals surface area contributed by atoms with Gasteiger partial charge in [-0.15, -0.1) is 21.5 Å². The van der Waals surface area contributed by atoms with Gasteiger partial charge in [-0.25, -0.2) is 4.79 Å². The maximum Gasteiger partial charge on any atom is 0.396 e. The first-order valence-corrected chi connectivity index (χ1v) is 7.60. The summed E-state index contributed by atoms with van der Waals surface area (Å²) >= 11 is 4.98. The van der Waals surface area contributed by atoms with Gasteiger partial charge in [-0.3, -0.25) is 5.10 Å². The Kier molecular flexibility index (Phi) is 3.84. The van der Waals surface area contributed by atoms with Crippen LogP contribution in [0.15, 0.2) is 26.4 Å². The van der Waals surface area contributed by atoms with Crippen LogP contribution < -0.4 is 0 Å². The molecule has 1 N–H and O–H groups in total. The number of thiophene rings is 1. The largest absolute Gasteiger partial charge is 0.459 e. The fourth-order valence-electron chi connectivity index (χ4n) is 1.62. The fraction of sp³-hybridized carbons (Fsp3) is 0.167. The molecule has 0 fully saturated rings. The Labute approximate surface area is 131 Å². The molecule has 0 saturated carbocycles. The molecular formula is C12H9BrN4O3S. The molecule has 0 aliphatic rings. The second kappa shape index (κ2) is 5.78. The van der Waals surface area contributed by atoms with Crippen LogP contribution in [0.3, 0.4) is 0 Å². The average molecular weight is 369 g/mol. The number of aromatic nitrogens is 4. The number of H-pyrrole nitrogens is 1. The van der Waals surface area contributed by atoms with Gasteiger partial charge in [0.1, 0.15) is 5.69 Å². The van der Waals surface area contributed by atoms with E-state index in [-0.39, 0.29) is 18.4 Å². The van der Waals surface area contributed by atoms with Crippen molar-refractivity contribution >= 4 is 33.2 Å². The molecule has 9 heteroatoms. The smallest absolute Gasteiger partial charge is 0.396 e. The first kappa shape index (κ1) is 14.0. The quantitative estimate of drug-likeness (QED) is 0.710. The van der Waals surface area contributed by atoms with Crippen LogP contribution in [0.4, 0.5) is 0 Å². The molecule has 7 nitrogen and oxygen atoms in total. The number of nitrogens with zero attached hydrogens (tertiary/aromatic N) is 3. The number of hydrogen-bond donors (Lipinski definition) is 1. The molecule has 0 spiro atoms. The van der Waals surface area contributed by atoms with Crippen LogP contribution in [-0.4, -0.2) is 33.0 Å². The van der Waals surface area contributed by atoms with E-state index in [1.807, 2.05) is 12.1 Å². The van der Waals surface area contributed by atoms with Crippen molar-refractivity contribution in [2.45, 2.75) is 6.92 Å². The molecule has 3 heterocycles. The SMILES string of the molecule is CCOC(=O)c1nnc(-c2cc(-c3ccc(Br)s3)[nH]n2)o1. The summed E-state index contributed by atoms with van der Waals surface area (Å²) in [5.74, 6) is -0.666. The minimum atomic E-state index is -0.644. The van der Waals surface area contributed by atoms with Gasteiger partial charge in [0.25, 0.3) is 5.89 Å². The highest BCUT2D eigenvalue weighted by Crippen LogP contribution is 2.31. The molecule has 0 bridgehead atoms. The summed E-state index contributed by atoms with van der Waals surface area (Å²) in [6.07, 6.45) is 0. The first-order valence-electron chi connectivity index (χ1n) is 5.99. The number of rotatable bonds is 4. The van der Waals surface area contributed by atoms with E-state index < -0.39 is 5.97 Å². The predicted molar refractivity (Wildman–Crippen MR) is 78.8 cm³/mol. The maximum absolute atomic E-state index is 11.5. The Morgan fingerprint density at radius 1 is 1.48 bits per heavy atom. The van der Waals surface area contributed by atoms with E-state index in [0.717, 1.165) is 14.4 Å². The average Bonchev–Trinajstić information content (AvgIpc) is 3.18. The molecule has 0 amide bonds. The Morgan fingerprint density at radius 2 is 2.33 bits per heavy atom. The van der Waals surface area contributed by atoms with Gasteiger partial charge in [0.2, 0.25) is 0 Å². The lowest BCUT2D eigenvalue weighted by Gasteiger charge is -1.93. The van der Waals surface area contributed by atoms with E-state index in [1.165, 1.54) is 0 Å². The predicted octanol–water partition coefficient (Wildman–Crippen LogP) is 3.13. The second-order valence-electron chi connectivity index (χ2n) is 3.90. The summed E-state index contributed by atoms with van der Waals surface area (Å²) in [4.78, 5) is 12.5. The topological polar surface area (TPSA) is 93.9 Å². The third-order valence-electron chi connectivity index (χ3n) is 2.51. The minimum Gasteiger partial charge on any atom is -0.459 e. The summed E-state index contributed by atoms with van der Waals surface area (Å²) < 4.78 is 11.1. The fourth-order valence-corrected chi connectivity index (χ4v) is 2.97. The molecule has 0 saturated heterocycles. The molecule has 0 atom stereocenters. The van der Waals surface area contributed by atoms with Crippen molar-refractivity contribution in [1.82, 2.24) is 20.4 Å². The van der Waals surface area contributed by atoms with Crippen LogP contribution >= 0.6 is 27.3 Å². The molecule has 3 aromatic heterocycles. The number of hydrogen-bond acceptors (Lipinski definition) is 7. The number of halogens is 1. The Morgan fingerprint density at radius 3 is 3.05 bits per heavy atom. The van der Waals surface area contributed by atoms with Gasteiger partial charge in [0.05, 0.1) is 21.0 Å². The van der Waals surface area contributed by atoms with Crippen molar-refractivity contribution in [3.63, 3.8) is 0 Å². The van der Waals surface area contributed by atoms with Crippen LogP contribution in [0, 0.1) is 0 Å². The van der Waals surface area contributed by atoms with E-state index in [1.54, 1.807) is 24.3 Å². The zero-order valence-electron chi connectivity index (χ0n) is 10.8. The molecule has 0 aliphatic carbocycles. The lowest BCUT2D eigenvalue weighted by Crippen LogP contribution is -2.04. The number of nitrogens with one attached hydrogen (secondary N) is 1. The molecular weight excluding hydrogens is 360 g/mol. The number of esters is 1. The molecule has 21 heavy (non-hydrogen) atoms. The van der Waals surface area contributed by atoms with Crippen LogP contribution in [0.25, 0.3) is 22.2 Å². The molecule has 0 unspecified atom stereocenters. The van der Waals surface area contributed by atoms with Crippen molar-refractivity contribution < 1.29 is 13.9 Å². The van der Waals surface area contributed by atoms with Gasteiger partial charge in [-0.2, -0.15) is 5.10 Å². The van der Waals surface area contributed by atoms with Crippen molar-refractivity contribution in [3.05, 3.63) is 27.9 Å². The summed E-state index contributed by atoms with van der Waals surface area (Å²) in [6.45, 7) is 1.95. The van der Waals surface area contributed by atoms with Crippen LogP contribution in [0.5, 0.6) is 0 Å². The molecule has 3 aromatic rings. The highest BCUT2D eigenvalue weighted by atomic mass is 79.9. The summed E-state index contributed by atoms with van der Waals surface area (Å²) in [5, 5.41) is 14.4. The third kappa shape index (κ3) is 2.88. The molecule has 3 rings (SSSR count). The van der Waals surface area contributed by atoms with Crippen LogP contribution in [0.1, 0.15) is 17.6 Å². The van der Waals surface area contributed by atoms with E-state index in [9.17, 15) is 4.79 Å². The summed E-state index contributed by atoms with van der Waals surface area (Å²) in [6, 6.07) is 5.69. The Bertz CT molecular complexity index is 779. The second-order valence-corrected chi connectivity index (χ2v) is 6.37. The van der Waals surface area contributed by atoms with Gasteiger partial charge < -0.3 is 9.15 Å². The van der Waals surface area contributed by atoms with Gasteiger partial charge in [-0.1, -0.05) is 0 Å². The monoisotopic (exact) mass is 368 g/mol. The standard InChI is InChI=1S/C12H9BrN4O3S/c1-2-19-12(18)11-17-16-10(20-11)7-5-6(14-15-7)8-3-4-9(13)21-8/h3-5H,2H2,1H3,(H,14,15). The van der Waals surface area contributed by atoms with Crippen molar-refractivity contribution in [2.24, 2.45) is 0 Å². The Balaban J connectivity index is 1.85. The molecule has 108 valence electrons. The van der Waals surface area contributed by atoms with Crippen LogP contribution in [0.2, 0.25) is 0 Å². The van der Waals surface area contributed by atoms with E-state index in [4.69, 9.17) is 9.15 Å². The lowest BCUT2D eigenvalue weighted by atomic mass is 10.3. The number of carbonyl (C=O) groups is 1. The number of aromatic amines is 1. The normalized spacial score (nSPS) is 10.8. The van der Waals surface area contributed by atoms with Gasteiger partial charge in [0.15, 0.2) is 0 Å². The van der Waals surface area contributed by atoms with E-state index in [2.05, 4.69) is 36.3 Å².